The molecule has 1 amide bonds. The summed E-state index contributed by atoms with van der Waals surface area (Å²) in [5.41, 5.74) is 10.4. The summed E-state index contributed by atoms with van der Waals surface area (Å²) in [6.07, 6.45) is 9.15. The first kappa shape index (κ1) is 50.6. The van der Waals surface area contributed by atoms with Crippen molar-refractivity contribution in [2.24, 2.45) is 16.7 Å². The van der Waals surface area contributed by atoms with Crippen LogP contribution in [0.25, 0.3) is 5.57 Å². The Kier molecular flexibility index (Phi) is 16.4. The molecule has 5 aliphatic rings. The summed E-state index contributed by atoms with van der Waals surface area (Å²) in [4.78, 5) is 37.9. The van der Waals surface area contributed by atoms with Crippen molar-refractivity contribution in [3.63, 3.8) is 0 Å². The molecule has 4 aromatic rings. The van der Waals surface area contributed by atoms with E-state index in [0.717, 1.165) is 107 Å². The molecular weight excluding hydrogens is 1040 g/mol. The van der Waals surface area contributed by atoms with Crippen LogP contribution in [0.4, 0.5) is 26.2 Å². The summed E-state index contributed by atoms with van der Waals surface area (Å²) in [7, 11) is 4.03. The van der Waals surface area contributed by atoms with Gasteiger partial charge in [-0.05, 0) is 97.2 Å². The number of piperidine rings is 1. The van der Waals surface area contributed by atoms with Gasteiger partial charge >= 0.3 is 19.8 Å². The van der Waals surface area contributed by atoms with E-state index >= 15 is 0 Å². The number of aldehydes is 1. The number of likely N-dealkylation sites (N-methyl/N-ethyl adjacent to an activating group) is 1. The molecule has 6 heterocycles. The van der Waals surface area contributed by atoms with Gasteiger partial charge in [0.25, 0.3) is 12.3 Å². The molecule has 2 N–H and O–H groups in total. The molecule has 353 valence electrons. The van der Waals surface area contributed by atoms with Gasteiger partial charge in [-0.15, -0.1) is 0 Å². The molecule has 4 aliphatic heterocycles. The van der Waals surface area contributed by atoms with Crippen molar-refractivity contribution in [1.29, 1.82) is 5.26 Å². The van der Waals surface area contributed by atoms with Gasteiger partial charge in [-0.1, -0.05) is 32.7 Å². The number of carbonyl (C=O) groups excluding carboxylic acids is 2. The number of nitrogens with zero attached hydrogens (tertiary/aromatic N) is 9. The van der Waals surface area contributed by atoms with Crippen molar-refractivity contribution in [3.8, 4) is 6.07 Å². The number of nitriles is 1. The summed E-state index contributed by atoms with van der Waals surface area (Å²) < 4.78 is 31.5. The number of carbonyl (C=O) groups is 2. The van der Waals surface area contributed by atoms with Gasteiger partial charge in [0.15, 0.2) is 5.82 Å². The maximum Gasteiger partial charge on any atom is 1.00 e. The Morgan fingerprint density at radius 3 is 2.38 bits per heavy atom. The molecule has 1 radical (unpaired) electrons. The number of hydrazine groups is 1. The number of aryl methyl sites for hydroxylation is 1. The van der Waals surface area contributed by atoms with Crippen molar-refractivity contribution in [2.75, 3.05) is 56.6 Å². The Labute approximate surface area is 406 Å². The van der Waals surface area contributed by atoms with Gasteiger partial charge in [0.1, 0.15) is 6.29 Å². The standard InChI is InChI=1S/C40H54F2N10O.C7H3ClN.C2H4O.Os/c1-39(2)24-40(3,4)37(39)46-36(53)27-18-43-38(44-19-27)50-14-9-25(10-15-50)21-52-32-11-13-48(5)23-31(32)35(47-52)51-12-7-8-26-16-29(28-20-45-49(6)22-28)30(34(41)42)17-33(26)51;8-7-4-2-1-3-6(7)5-9;1-2-3;/h16-19,22,25,34,37,45H,7-15,20-21,23-24H2,1-6H3,(H,46,53);1,3-4H;2H,1H3;/q;-1;;+1. The van der Waals surface area contributed by atoms with Crippen LogP contribution in [-0.4, -0.2) is 94.7 Å². The van der Waals surface area contributed by atoms with Crippen molar-refractivity contribution < 1.29 is 38.2 Å². The number of hydrogen-bond acceptors (Lipinski definition) is 11. The van der Waals surface area contributed by atoms with Crippen LogP contribution in [0, 0.1) is 34.1 Å². The van der Waals surface area contributed by atoms with E-state index < -0.39 is 6.43 Å². The monoisotopic (exact) mass is 1100 g/mol. The summed E-state index contributed by atoms with van der Waals surface area (Å²) in [6, 6.07) is 13.4. The van der Waals surface area contributed by atoms with E-state index in [4.69, 9.17) is 26.8 Å². The van der Waals surface area contributed by atoms with Gasteiger partial charge < -0.3 is 29.8 Å². The van der Waals surface area contributed by atoms with E-state index in [-0.39, 0.29) is 48.1 Å². The zero-order chi connectivity index (χ0) is 46.6. The molecule has 17 heteroatoms. The maximum absolute atomic E-state index is 14.6. The predicted octanol–water partition coefficient (Wildman–Crippen LogP) is 8.16. The molecule has 1 saturated carbocycles. The summed E-state index contributed by atoms with van der Waals surface area (Å²) in [5, 5.41) is 19.2. The third-order valence-corrected chi connectivity index (χ3v) is 13.6. The second-order valence-corrected chi connectivity index (χ2v) is 19.6. The van der Waals surface area contributed by atoms with Crippen LogP contribution in [0.2, 0.25) is 5.02 Å². The Morgan fingerprint density at radius 2 is 1.79 bits per heavy atom. The summed E-state index contributed by atoms with van der Waals surface area (Å²) in [6.45, 7) is 15.8. The summed E-state index contributed by atoms with van der Waals surface area (Å²) in [5.74, 6) is 1.90. The average Bonchev–Trinajstić information content (AvgIpc) is 3.87. The number of anilines is 3. The molecule has 2 aromatic heterocycles. The number of alkyl halides is 2. The van der Waals surface area contributed by atoms with E-state index in [1.54, 1.807) is 36.7 Å². The van der Waals surface area contributed by atoms with Crippen molar-refractivity contribution in [2.45, 2.75) is 98.7 Å². The fourth-order valence-electron chi connectivity index (χ4n) is 10.6. The van der Waals surface area contributed by atoms with Crippen LogP contribution >= 0.6 is 11.6 Å². The van der Waals surface area contributed by atoms with Gasteiger partial charge in [-0.2, -0.15) is 46.2 Å². The second-order valence-electron chi connectivity index (χ2n) is 19.2. The van der Waals surface area contributed by atoms with Crippen LogP contribution in [0.15, 0.2) is 48.9 Å². The number of halogens is 3. The zero-order valence-corrected chi connectivity index (χ0v) is 42.2. The van der Waals surface area contributed by atoms with Gasteiger partial charge in [-0.25, -0.2) is 24.2 Å². The molecule has 1 aliphatic carbocycles. The third-order valence-electron chi connectivity index (χ3n) is 13.3. The van der Waals surface area contributed by atoms with E-state index in [0.29, 0.717) is 40.1 Å². The minimum absolute atomic E-state index is 0. The number of hydrogen-bond donors (Lipinski definition) is 2. The fraction of sp³-hybridized carbons (Fsp3) is 0.510. The SMILES string of the molecule is CC=O.CN1CCc2c(c(N3CCCc4cc(C5=CN(C)NC5)c(C(F)F)cc43)nn2CC2CCN(c3ncc(C(=O)NC4C(C)(C)CC4(C)C)cn3)CC2)C1.N#Cc1cc[c-]cc1Cl.[Os+]. The molecule has 1 saturated heterocycles. The van der Waals surface area contributed by atoms with Crippen LogP contribution in [0.3, 0.4) is 0 Å². The first-order valence-corrected chi connectivity index (χ1v) is 22.9. The summed E-state index contributed by atoms with van der Waals surface area (Å²) >= 11 is 5.57. The molecule has 66 heavy (non-hydrogen) atoms. The molecule has 13 nitrogen and oxygen atoms in total. The van der Waals surface area contributed by atoms with Gasteiger partial charge in [-0.3, -0.25) is 9.48 Å². The number of benzene rings is 2. The van der Waals surface area contributed by atoms with Crippen LogP contribution in [-0.2, 0) is 50.5 Å². The van der Waals surface area contributed by atoms with Crippen LogP contribution in [0.5, 0.6) is 0 Å². The van der Waals surface area contributed by atoms with Crippen molar-refractivity contribution in [3.05, 3.63) is 99.1 Å². The number of rotatable bonds is 8. The first-order chi connectivity index (χ1) is 31.0. The Bertz CT molecular complexity index is 2410. The number of aromatic nitrogens is 4. The molecule has 0 spiro atoms. The Morgan fingerprint density at radius 1 is 1.09 bits per heavy atom. The van der Waals surface area contributed by atoms with Gasteiger partial charge in [0, 0.05) is 106 Å². The molecule has 0 bridgehead atoms. The molecule has 2 aromatic carbocycles. The van der Waals surface area contributed by atoms with Gasteiger partial charge in [0.2, 0.25) is 5.95 Å². The Balaban J connectivity index is 0.000000487. The quantitative estimate of drug-likeness (QED) is 0.131. The number of amides is 1. The molecule has 0 unspecified atom stereocenters. The van der Waals surface area contributed by atoms with Crippen molar-refractivity contribution >= 4 is 46.8 Å². The van der Waals surface area contributed by atoms with Crippen molar-refractivity contribution in [1.82, 2.24) is 40.4 Å². The largest absolute Gasteiger partial charge is 1.00 e. The topological polar surface area (TPSA) is 139 Å². The Hall–Kier alpha value is -4.79. The zero-order valence-electron chi connectivity index (χ0n) is 38.9. The number of fused-ring (bicyclic) bond motifs is 2. The van der Waals surface area contributed by atoms with Crippen LogP contribution in [0.1, 0.15) is 111 Å². The molecule has 2 fully saturated rings. The van der Waals surface area contributed by atoms with E-state index in [1.165, 1.54) is 18.2 Å². The number of nitrogens with one attached hydrogen (secondary N) is 2. The normalized spacial score (nSPS) is 18.8. The van der Waals surface area contributed by atoms with E-state index in [1.807, 2.05) is 30.4 Å². The molecular formula is C49H61ClF2N11O2Os. The predicted molar refractivity (Wildman–Crippen MR) is 250 cm³/mol. The van der Waals surface area contributed by atoms with E-state index in [2.05, 4.69) is 80.9 Å². The van der Waals surface area contributed by atoms with Crippen LogP contribution < -0.4 is 20.5 Å². The minimum Gasteiger partial charge on any atom is -0.348 e. The molecule has 9 rings (SSSR count). The molecule has 0 atom stereocenters. The minimum atomic E-state index is -2.57. The smallest absolute Gasteiger partial charge is 0.348 e. The van der Waals surface area contributed by atoms with Gasteiger partial charge in [0.05, 0.1) is 11.6 Å². The first-order valence-electron chi connectivity index (χ1n) is 22.5. The fourth-order valence-corrected chi connectivity index (χ4v) is 10.7. The third kappa shape index (κ3) is 11.1. The van der Waals surface area contributed by atoms with E-state index in [9.17, 15) is 13.6 Å². The average molecular weight is 1100 g/mol. The second kappa shape index (κ2) is 21.4. The maximum atomic E-state index is 14.6.